The number of carboxylic acid groups (broad SMARTS) is 1. The number of carboxylic acids is 1. The molecule has 1 N–H and O–H groups in total. The van der Waals surface area contributed by atoms with Gasteiger partial charge in [-0.05, 0) is 24.6 Å². The summed E-state index contributed by atoms with van der Waals surface area (Å²) in [5, 5.41) is 9.21. The van der Waals surface area contributed by atoms with E-state index in [0.29, 0.717) is 17.7 Å². The molecule has 0 amide bonds. The Morgan fingerprint density at radius 2 is 2.07 bits per heavy atom. The molecule has 0 aliphatic carbocycles. The SMILES string of the molecule is C/C=C1\Cc2cc(OCC(F)F)c(OC)cc2-c2cc(=O)c(C(=O)O)cn21. The van der Waals surface area contributed by atoms with Crippen molar-refractivity contribution in [2.75, 3.05) is 13.7 Å². The number of benzene rings is 1. The molecule has 1 aromatic heterocycles. The molecule has 2 aromatic rings. The van der Waals surface area contributed by atoms with Crippen molar-refractivity contribution in [2.45, 2.75) is 19.8 Å². The molecule has 1 aliphatic heterocycles. The lowest BCUT2D eigenvalue weighted by Crippen LogP contribution is -2.21. The number of pyridine rings is 1. The number of alkyl halides is 2. The van der Waals surface area contributed by atoms with Gasteiger partial charge >= 0.3 is 5.97 Å². The number of ether oxygens (including phenoxy) is 2. The number of methoxy groups -OCH3 is 1. The highest BCUT2D eigenvalue weighted by Gasteiger charge is 2.24. The van der Waals surface area contributed by atoms with Crippen molar-refractivity contribution >= 4 is 11.7 Å². The fourth-order valence-corrected chi connectivity index (χ4v) is 3.07. The quantitative estimate of drug-likeness (QED) is 0.865. The van der Waals surface area contributed by atoms with Crippen LogP contribution in [0.5, 0.6) is 11.5 Å². The van der Waals surface area contributed by atoms with Crippen molar-refractivity contribution in [1.29, 1.82) is 0 Å². The van der Waals surface area contributed by atoms with Gasteiger partial charge < -0.3 is 19.1 Å². The number of aromatic carboxylic acids is 1. The van der Waals surface area contributed by atoms with Crippen molar-refractivity contribution in [1.82, 2.24) is 4.57 Å². The maximum atomic E-state index is 12.5. The summed E-state index contributed by atoms with van der Waals surface area (Å²) in [6.07, 6.45) is 0.888. The van der Waals surface area contributed by atoms with Crippen LogP contribution in [0.3, 0.4) is 0 Å². The van der Waals surface area contributed by atoms with Crippen LogP contribution in [0.2, 0.25) is 0 Å². The Morgan fingerprint density at radius 1 is 1.33 bits per heavy atom. The van der Waals surface area contributed by atoms with Crippen molar-refractivity contribution < 1.29 is 28.2 Å². The summed E-state index contributed by atoms with van der Waals surface area (Å²) < 4.78 is 37.0. The molecule has 3 rings (SSSR count). The highest BCUT2D eigenvalue weighted by Crippen LogP contribution is 2.40. The zero-order valence-electron chi connectivity index (χ0n) is 14.7. The minimum Gasteiger partial charge on any atom is -0.493 e. The van der Waals surface area contributed by atoms with E-state index in [2.05, 4.69) is 0 Å². The molecule has 27 heavy (non-hydrogen) atoms. The molecule has 8 heteroatoms. The number of aromatic nitrogens is 1. The minimum atomic E-state index is -2.62. The van der Waals surface area contributed by atoms with Gasteiger partial charge in [0.2, 0.25) is 0 Å². The van der Waals surface area contributed by atoms with Crippen molar-refractivity contribution in [2.24, 2.45) is 0 Å². The van der Waals surface area contributed by atoms with E-state index in [9.17, 15) is 23.5 Å². The second-order valence-corrected chi connectivity index (χ2v) is 5.93. The van der Waals surface area contributed by atoms with E-state index in [1.54, 1.807) is 29.7 Å². The normalized spacial score (nSPS) is 14.0. The van der Waals surface area contributed by atoms with Crippen LogP contribution in [0, 0.1) is 0 Å². The van der Waals surface area contributed by atoms with E-state index in [1.807, 2.05) is 0 Å². The highest BCUT2D eigenvalue weighted by molar-refractivity contribution is 5.89. The van der Waals surface area contributed by atoms with Crippen LogP contribution < -0.4 is 14.9 Å². The zero-order chi connectivity index (χ0) is 19.7. The van der Waals surface area contributed by atoms with Crippen molar-refractivity contribution in [3.63, 3.8) is 0 Å². The number of hydrogen-bond acceptors (Lipinski definition) is 4. The Kier molecular flexibility index (Phi) is 4.98. The first kappa shape index (κ1) is 18.6. The van der Waals surface area contributed by atoms with Crippen LogP contribution in [-0.2, 0) is 6.42 Å². The summed E-state index contributed by atoms with van der Waals surface area (Å²) in [4.78, 5) is 23.5. The first-order valence-electron chi connectivity index (χ1n) is 8.13. The smallest absolute Gasteiger partial charge is 0.341 e. The van der Waals surface area contributed by atoms with E-state index < -0.39 is 24.4 Å². The van der Waals surface area contributed by atoms with Crippen LogP contribution in [-0.4, -0.2) is 35.8 Å². The third kappa shape index (κ3) is 3.42. The Labute approximate surface area is 153 Å². The second-order valence-electron chi connectivity index (χ2n) is 5.93. The summed E-state index contributed by atoms with van der Waals surface area (Å²) in [7, 11) is 1.39. The summed E-state index contributed by atoms with van der Waals surface area (Å²) >= 11 is 0. The van der Waals surface area contributed by atoms with Crippen LogP contribution in [0.25, 0.3) is 17.0 Å². The monoisotopic (exact) mass is 377 g/mol. The maximum Gasteiger partial charge on any atom is 0.341 e. The van der Waals surface area contributed by atoms with Crippen LogP contribution >= 0.6 is 0 Å². The van der Waals surface area contributed by atoms with Gasteiger partial charge in [-0.15, -0.1) is 0 Å². The molecule has 0 unspecified atom stereocenters. The number of hydrogen-bond donors (Lipinski definition) is 1. The number of carbonyl (C=O) groups is 1. The molecule has 1 aromatic carbocycles. The van der Waals surface area contributed by atoms with Gasteiger partial charge in [0, 0.05) is 29.9 Å². The van der Waals surface area contributed by atoms with Gasteiger partial charge in [0.15, 0.2) is 16.9 Å². The number of rotatable bonds is 5. The summed E-state index contributed by atoms with van der Waals surface area (Å²) in [5.74, 6) is -0.866. The number of fused-ring (bicyclic) bond motifs is 3. The molecule has 0 radical (unpaired) electrons. The first-order chi connectivity index (χ1) is 12.8. The molecule has 2 heterocycles. The first-order valence-corrected chi connectivity index (χ1v) is 8.13. The molecule has 0 fully saturated rings. The molecule has 0 saturated carbocycles. The van der Waals surface area contributed by atoms with Crippen LogP contribution in [0.1, 0.15) is 22.8 Å². The molecule has 1 aliphatic rings. The Bertz CT molecular complexity index is 994. The van der Waals surface area contributed by atoms with Gasteiger partial charge in [-0.25, -0.2) is 13.6 Å². The van der Waals surface area contributed by atoms with Crippen LogP contribution in [0.4, 0.5) is 8.78 Å². The van der Waals surface area contributed by atoms with E-state index in [0.717, 1.165) is 11.3 Å². The fourth-order valence-electron chi connectivity index (χ4n) is 3.07. The van der Waals surface area contributed by atoms with Gasteiger partial charge in [-0.2, -0.15) is 0 Å². The molecular formula is C19H17F2NO5. The average Bonchev–Trinajstić information content (AvgIpc) is 2.64. The maximum absolute atomic E-state index is 12.5. The van der Waals surface area contributed by atoms with Gasteiger partial charge in [0.25, 0.3) is 6.43 Å². The minimum absolute atomic E-state index is 0.185. The zero-order valence-corrected chi connectivity index (χ0v) is 14.7. The van der Waals surface area contributed by atoms with Gasteiger partial charge in [0.1, 0.15) is 12.2 Å². The Morgan fingerprint density at radius 3 is 2.67 bits per heavy atom. The Balaban J connectivity index is 2.20. The topological polar surface area (TPSA) is 77.8 Å². The average molecular weight is 377 g/mol. The lowest BCUT2D eigenvalue weighted by Gasteiger charge is -2.26. The largest absolute Gasteiger partial charge is 0.493 e. The van der Waals surface area contributed by atoms with Gasteiger partial charge in [-0.3, -0.25) is 4.79 Å². The van der Waals surface area contributed by atoms with Crippen molar-refractivity contribution in [3.8, 4) is 22.8 Å². The van der Waals surface area contributed by atoms with E-state index >= 15 is 0 Å². The van der Waals surface area contributed by atoms with Gasteiger partial charge in [-0.1, -0.05) is 6.08 Å². The third-order valence-corrected chi connectivity index (χ3v) is 4.33. The standard InChI is InChI=1S/C19H17F2NO5/c1-3-11-4-10-5-17(27-9-18(20)21)16(26-2)6-12(10)14-7-15(23)13(19(24)25)8-22(11)14/h3,5-8,18H,4,9H2,1-2H3,(H,24,25)/b11-3+. The predicted octanol–water partition coefficient (Wildman–Crippen LogP) is 3.28. The number of nitrogens with zero attached hydrogens (tertiary/aromatic N) is 1. The summed E-state index contributed by atoms with van der Waals surface area (Å²) in [5.41, 5.74) is 1.72. The molecule has 0 spiro atoms. The van der Waals surface area contributed by atoms with Crippen LogP contribution in [0.15, 0.2) is 35.3 Å². The molecule has 0 bridgehead atoms. The van der Waals surface area contributed by atoms with Gasteiger partial charge in [0.05, 0.1) is 12.8 Å². The molecule has 6 nitrogen and oxygen atoms in total. The third-order valence-electron chi connectivity index (χ3n) is 4.33. The van der Waals surface area contributed by atoms with Crippen molar-refractivity contribution in [3.05, 3.63) is 51.8 Å². The van der Waals surface area contributed by atoms with E-state index in [-0.39, 0.29) is 17.1 Å². The number of allylic oxidation sites excluding steroid dienone is 2. The molecule has 0 atom stereocenters. The predicted molar refractivity (Wildman–Crippen MR) is 94.8 cm³/mol. The summed E-state index contributed by atoms with van der Waals surface area (Å²) in [6, 6.07) is 4.47. The fraction of sp³-hybridized carbons (Fsp3) is 0.263. The lowest BCUT2D eigenvalue weighted by atomic mass is 9.94. The number of halogens is 2. The molecule has 0 saturated heterocycles. The second kappa shape index (κ2) is 7.22. The Hall–Kier alpha value is -3.16. The highest BCUT2D eigenvalue weighted by atomic mass is 19.3. The summed E-state index contributed by atoms with van der Waals surface area (Å²) in [6.45, 7) is 1.03. The lowest BCUT2D eigenvalue weighted by molar-refractivity contribution is 0.0694. The molecular weight excluding hydrogens is 360 g/mol. The van der Waals surface area contributed by atoms with E-state index in [1.165, 1.54) is 19.4 Å². The molecule has 142 valence electrons. The van der Waals surface area contributed by atoms with E-state index in [4.69, 9.17) is 9.47 Å².